The van der Waals surface area contributed by atoms with Gasteiger partial charge >= 0.3 is 0 Å². The molecule has 0 radical (unpaired) electrons. The molecule has 0 aliphatic carbocycles. The molecular weight excluding hydrogens is 271 g/mol. The molecule has 106 valence electrons. The zero-order chi connectivity index (χ0) is 14.8. The van der Waals surface area contributed by atoms with E-state index in [0.29, 0.717) is 22.9 Å². The van der Waals surface area contributed by atoms with Gasteiger partial charge in [-0.1, -0.05) is 23.4 Å². The third-order valence-corrected chi connectivity index (χ3v) is 3.10. The molecule has 0 atom stereocenters. The Morgan fingerprint density at radius 1 is 1.14 bits per heavy atom. The summed E-state index contributed by atoms with van der Waals surface area (Å²) < 4.78 is 19.9. The van der Waals surface area contributed by atoms with Gasteiger partial charge in [0.1, 0.15) is 17.3 Å². The second-order valence-corrected chi connectivity index (χ2v) is 4.45. The number of nitrogen functional groups attached to an aromatic ring is 1. The Kier molecular flexibility index (Phi) is 3.27. The minimum Gasteiger partial charge on any atom is -0.497 e. The molecule has 0 aliphatic rings. The zero-order valence-corrected chi connectivity index (χ0v) is 11.3. The summed E-state index contributed by atoms with van der Waals surface area (Å²) in [4.78, 5) is 0. The summed E-state index contributed by atoms with van der Waals surface area (Å²) in [7, 11) is 1.59. The number of rotatable bonds is 3. The predicted octanol–water partition coefficient (Wildman–Crippen LogP) is 2.66. The number of nitrogens with two attached hydrogens (primary N) is 1. The van der Waals surface area contributed by atoms with Crippen molar-refractivity contribution in [3.8, 4) is 22.7 Å². The molecule has 0 amide bonds. The Balaban J connectivity index is 2.06. The molecule has 5 nitrogen and oxygen atoms in total. The van der Waals surface area contributed by atoms with Crippen LogP contribution in [0, 0.1) is 5.82 Å². The number of hydrogen-bond donors (Lipinski definition) is 1. The van der Waals surface area contributed by atoms with Crippen molar-refractivity contribution in [2.75, 3.05) is 12.8 Å². The summed E-state index contributed by atoms with van der Waals surface area (Å²) in [5.74, 6) is 0.686. The fraction of sp³-hybridized carbons (Fsp3) is 0.0667. The number of ether oxygens (including phenoxy) is 1. The Labute approximate surface area is 120 Å². The van der Waals surface area contributed by atoms with Gasteiger partial charge in [0.2, 0.25) is 0 Å². The lowest BCUT2D eigenvalue weighted by Crippen LogP contribution is -2.02. The number of aromatic nitrogens is 3. The first-order valence-electron chi connectivity index (χ1n) is 6.30. The minimum absolute atomic E-state index is 0.342. The van der Waals surface area contributed by atoms with E-state index in [1.54, 1.807) is 19.2 Å². The van der Waals surface area contributed by atoms with Gasteiger partial charge in [-0.15, -0.1) is 5.10 Å². The number of anilines is 1. The van der Waals surface area contributed by atoms with Crippen LogP contribution >= 0.6 is 0 Å². The van der Waals surface area contributed by atoms with Gasteiger partial charge in [-0.25, -0.2) is 4.39 Å². The van der Waals surface area contributed by atoms with Crippen LogP contribution in [0.1, 0.15) is 0 Å². The Bertz CT molecular complexity index is 785. The van der Waals surface area contributed by atoms with Crippen LogP contribution in [0.25, 0.3) is 16.9 Å². The van der Waals surface area contributed by atoms with Crippen molar-refractivity contribution < 1.29 is 9.13 Å². The summed E-state index contributed by atoms with van der Waals surface area (Å²) in [6.07, 6.45) is 0. The molecule has 0 unspecified atom stereocenters. The van der Waals surface area contributed by atoms with Gasteiger partial charge in [0.15, 0.2) is 5.82 Å². The topological polar surface area (TPSA) is 66.0 Å². The van der Waals surface area contributed by atoms with E-state index in [0.717, 1.165) is 5.56 Å². The number of methoxy groups -OCH3 is 1. The molecular formula is C15H13FN4O. The van der Waals surface area contributed by atoms with E-state index >= 15 is 0 Å². The quantitative estimate of drug-likeness (QED) is 0.803. The first kappa shape index (κ1) is 13.1. The summed E-state index contributed by atoms with van der Waals surface area (Å²) >= 11 is 0. The second kappa shape index (κ2) is 5.24. The molecule has 0 saturated heterocycles. The van der Waals surface area contributed by atoms with E-state index < -0.39 is 0 Å². The van der Waals surface area contributed by atoms with Crippen LogP contribution in [-0.2, 0) is 0 Å². The monoisotopic (exact) mass is 284 g/mol. The van der Waals surface area contributed by atoms with Crippen molar-refractivity contribution in [1.82, 2.24) is 15.0 Å². The predicted molar refractivity (Wildman–Crippen MR) is 77.7 cm³/mol. The molecule has 21 heavy (non-hydrogen) atoms. The number of nitrogens with zero attached hydrogens (tertiary/aromatic N) is 3. The number of benzene rings is 2. The standard InChI is InChI=1S/C15H13FN4O/c1-21-13-7-2-4-10(8-13)14-15(17)20(19-18-14)12-6-3-5-11(16)9-12/h2-9H,17H2,1H3. The first-order valence-corrected chi connectivity index (χ1v) is 6.30. The van der Waals surface area contributed by atoms with Crippen molar-refractivity contribution in [2.24, 2.45) is 0 Å². The summed E-state index contributed by atoms with van der Waals surface area (Å²) in [5.41, 5.74) is 7.92. The number of hydrogen-bond acceptors (Lipinski definition) is 4. The molecule has 6 heteroatoms. The van der Waals surface area contributed by atoms with Crippen molar-refractivity contribution >= 4 is 5.82 Å². The van der Waals surface area contributed by atoms with E-state index in [-0.39, 0.29) is 5.82 Å². The maximum Gasteiger partial charge on any atom is 0.155 e. The molecule has 0 bridgehead atoms. The third kappa shape index (κ3) is 2.43. The highest BCUT2D eigenvalue weighted by molar-refractivity contribution is 5.71. The maximum atomic E-state index is 13.3. The van der Waals surface area contributed by atoms with Gasteiger partial charge in [0.05, 0.1) is 12.8 Å². The van der Waals surface area contributed by atoms with E-state index in [2.05, 4.69) is 10.3 Å². The van der Waals surface area contributed by atoms with Crippen molar-refractivity contribution in [3.05, 3.63) is 54.3 Å². The van der Waals surface area contributed by atoms with Crippen LogP contribution in [0.15, 0.2) is 48.5 Å². The van der Waals surface area contributed by atoms with Gasteiger partial charge in [-0.05, 0) is 30.3 Å². The average Bonchev–Trinajstić information content (AvgIpc) is 2.89. The highest BCUT2D eigenvalue weighted by Gasteiger charge is 2.13. The Morgan fingerprint density at radius 2 is 1.95 bits per heavy atom. The Morgan fingerprint density at radius 3 is 2.71 bits per heavy atom. The van der Waals surface area contributed by atoms with Crippen LogP contribution in [0.3, 0.4) is 0 Å². The van der Waals surface area contributed by atoms with E-state index in [1.165, 1.54) is 16.8 Å². The normalized spacial score (nSPS) is 10.6. The van der Waals surface area contributed by atoms with E-state index in [4.69, 9.17) is 10.5 Å². The molecule has 1 heterocycles. The molecule has 3 aromatic rings. The van der Waals surface area contributed by atoms with Gasteiger partial charge < -0.3 is 10.5 Å². The van der Waals surface area contributed by atoms with Gasteiger partial charge in [0.25, 0.3) is 0 Å². The molecule has 2 N–H and O–H groups in total. The highest BCUT2D eigenvalue weighted by atomic mass is 19.1. The lowest BCUT2D eigenvalue weighted by Gasteiger charge is -2.04. The minimum atomic E-state index is -0.356. The molecule has 1 aromatic heterocycles. The first-order chi connectivity index (χ1) is 10.2. The largest absolute Gasteiger partial charge is 0.497 e. The van der Waals surface area contributed by atoms with Crippen molar-refractivity contribution in [3.63, 3.8) is 0 Å². The van der Waals surface area contributed by atoms with Gasteiger partial charge in [-0.3, -0.25) is 0 Å². The smallest absolute Gasteiger partial charge is 0.155 e. The van der Waals surface area contributed by atoms with Crippen LogP contribution in [0.4, 0.5) is 10.2 Å². The van der Waals surface area contributed by atoms with Crippen molar-refractivity contribution in [1.29, 1.82) is 0 Å². The second-order valence-electron chi connectivity index (χ2n) is 4.45. The van der Waals surface area contributed by atoms with Crippen LogP contribution in [-0.4, -0.2) is 22.1 Å². The number of halogens is 1. The molecule has 0 spiro atoms. The van der Waals surface area contributed by atoms with Crippen molar-refractivity contribution in [2.45, 2.75) is 0 Å². The fourth-order valence-corrected chi connectivity index (χ4v) is 2.06. The molecule has 3 rings (SSSR count). The van der Waals surface area contributed by atoms with Crippen LogP contribution in [0.2, 0.25) is 0 Å². The summed E-state index contributed by atoms with van der Waals surface area (Å²) in [5, 5.41) is 8.07. The Hall–Kier alpha value is -2.89. The lowest BCUT2D eigenvalue weighted by atomic mass is 10.1. The van der Waals surface area contributed by atoms with E-state index in [9.17, 15) is 4.39 Å². The van der Waals surface area contributed by atoms with Crippen LogP contribution < -0.4 is 10.5 Å². The third-order valence-electron chi connectivity index (χ3n) is 3.10. The SMILES string of the molecule is COc1cccc(-c2nnn(-c3cccc(F)c3)c2N)c1. The van der Waals surface area contributed by atoms with E-state index in [1.807, 2.05) is 24.3 Å². The summed E-state index contributed by atoms with van der Waals surface area (Å²) in [6.45, 7) is 0. The lowest BCUT2D eigenvalue weighted by molar-refractivity contribution is 0.415. The molecule has 2 aromatic carbocycles. The highest BCUT2D eigenvalue weighted by Crippen LogP contribution is 2.27. The fourth-order valence-electron chi connectivity index (χ4n) is 2.06. The molecule has 0 aliphatic heterocycles. The molecule has 0 fully saturated rings. The van der Waals surface area contributed by atoms with Gasteiger partial charge in [0, 0.05) is 5.56 Å². The van der Waals surface area contributed by atoms with Gasteiger partial charge in [-0.2, -0.15) is 4.68 Å². The summed E-state index contributed by atoms with van der Waals surface area (Å²) in [6, 6.07) is 13.4. The maximum absolute atomic E-state index is 13.3. The zero-order valence-electron chi connectivity index (χ0n) is 11.3. The van der Waals surface area contributed by atoms with Crippen LogP contribution in [0.5, 0.6) is 5.75 Å². The average molecular weight is 284 g/mol. The molecule has 0 saturated carbocycles.